The highest BCUT2D eigenvalue weighted by Gasteiger charge is 2.25. The fraction of sp³-hybridized carbons (Fsp3) is 0.625. The van der Waals surface area contributed by atoms with Gasteiger partial charge in [-0.25, -0.2) is 15.9 Å². The van der Waals surface area contributed by atoms with E-state index in [1.54, 1.807) is 24.3 Å². The second-order valence-corrected chi connectivity index (χ2v) is 8.74. The maximum atomic E-state index is 11.4. The molecule has 1 rings (SSSR count). The number of hydrogen-bond donors (Lipinski definition) is 8. The first kappa shape index (κ1) is 33.2. The summed E-state index contributed by atoms with van der Waals surface area (Å²) in [6.07, 6.45) is 3.92. The normalized spacial score (nSPS) is 13.6. The van der Waals surface area contributed by atoms with E-state index in [2.05, 4.69) is 21.9 Å². The molecule has 0 heterocycles. The molecule has 1 aromatic rings. The maximum absolute atomic E-state index is 11.4. The predicted molar refractivity (Wildman–Crippen MR) is 134 cm³/mol. The van der Waals surface area contributed by atoms with Crippen LogP contribution in [-0.4, -0.2) is 70.1 Å². The molecule has 38 heavy (non-hydrogen) atoms. The number of carbonyl (C=O) groups is 3. The molecule has 0 aliphatic rings. The van der Waals surface area contributed by atoms with Gasteiger partial charge in [0.25, 0.3) is 0 Å². The van der Waals surface area contributed by atoms with Crippen molar-refractivity contribution in [2.45, 2.75) is 70.6 Å². The fourth-order valence-electron chi connectivity index (χ4n) is 3.10. The van der Waals surface area contributed by atoms with Gasteiger partial charge >= 0.3 is 17.9 Å². The summed E-state index contributed by atoms with van der Waals surface area (Å²) in [5.74, 6) is -4.32. The summed E-state index contributed by atoms with van der Waals surface area (Å²) in [5, 5.41) is 36.6. The molecule has 14 nitrogen and oxygen atoms in total. The van der Waals surface area contributed by atoms with Gasteiger partial charge in [0.1, 0.15) is 17.8 Å². The van der Waals surface area contributed by atoms with E-state index in [-0.39, 0.29) is 18.6 Å². The molecule has 0 spiro atoms. The summed E-state index contributed by atoms with van der Waals surface area (Å²) in [5.41, 5.74) is 11.1. The van der Waals surface area contributed by atoms with Crippen molar-refractivity contribution < 1.29 is 49.4 Å². The van der Waals surface area contributed by atoms with Crippen LogP contribution in [0.15, 0.2) is 24.3 Å². The van der Waals surface area contributed by atoms with Gasteiger partial charge in [0.2, 0.25) is 0 Å². The highest BCUT2D eigenvalue weighted by atomic mass is 16.8. The molecular formula is C24H40N4O10. The molecule has 1 unspecified atom stereocenters. The van der Waals surface area contributed by atoms with E-state index in [9.17, 15) is 24.6 Å². The lowest BCUT2D eigenvalue weighted by molar-refractivity contribution is -0.156. The first-order valence-electron chi connectivity index (χ1n) is 12.5. The fourth-order valence-corrected chi connectivity index (χ4v) is 3.10. The topological polar surface area (TPSA) is 208 Å². The number of phenolic OH excluding ortho intramolecular Hbond substituents is 1. The number of unbranched alkanes of at least 4 members (excludes halogenated alkanes) is 3. The largest absolute Gasteiger partial charge is 0.508 e. The standard InChI is InChI=1S/C24H40N4O10/c1-17(22(30)31)15-21(24(34)35)28-38-27-20(23(32)33)7-3-5-13-25-36-14-6-2-4-12-26-37-16-18-8-10-19(29)11-9-18/h8-11,17,20-21,25-29H,2-7,12-16H2,1H3,(H,30,31)(H,32,33)(H,34,35)/t17?,20-,21-/m0/s1. The Labute approximate surface area is 221 Å². The van der Waals surface area contributed by atoms with Crippen LogP contribution in [0.4, 0.5) is 0 Å². The zero-order valence-electron chi connectivity index (χ0n) is 21.6. The predicted octanol–water partition coefficient (Wildman–Crippen LogP) is 1.32. The average Bonchev–Trinajstić information content (AvgIpc) is 2.87. The Hall–Kier alpha value is -2.85. The third kappa shape index (κ3) is 16.1. The van der Waals surface area contributed by atoms with Crippen LogP contribution in [-0.2, 0) is 35.6 Å². The van der Waals surface area contributed by atoms with Crippen LogP contribution in [0.5, 0.6) is 5.75 Å². The van der Waals surface area contributed by atoms with Gasteiger partial charge < -0.3 is 25.3 Å². The van der Waals surface area contributed by atoms with Gasteiger partial charge in [0, 0.05) is 13.1 Å². The van der Waals surface area contributed by atoms with E-state index in [0.29, 0.717) is 39.1 Å². The monoisotopic (exact) mass is 544 g/mol. The van der Waals surface area contributed by atoms with Crippen molar-refractivity contribution in [1.82, 2.24) is 21.9 Å². The number of nitrogens with one attached hydrogen (secondary N) is 4. The van der Waals surface area contributed by atoms with Gasteiger partial charge in [-0.2, -0.15) is 11.0 Å². The number of aliphatic carboxylic acids is 3. The van der Waals surface area contributed by atoms with Crippen molar-refractivity contribution in [2.24, 2.45) is 5.92 Å². The third-order valence-electron chi connectivity index (χ3n) is 5.44. The zero-order valence-corrected chi connectivity index (χ0v) is 21.6. The first-order valence-corrected chi connectivity index (χ1v) is 12.5. The minimum atomic E-state index is -1.31. The van der Waals surface area contributed by atoms with Gasteiger partial charge in [0.05, 0.1) is 19.1 Å². The SMILES string of the molecule is CC(C[C@H](NON[C@@H](CCCCNOCCCCCNOCc1ccc(O)cc1)C(=O)O)C(=O)O)C(=O)O. The molecule has 216 valence electrons. The molecule has 0 aliphatic heterocycles. The van der Waals surface area contributed by atoms with Crippen LogP contribution >= 0.6 is 0 Å². The Morgan fingerprint density at radius 3 is 2.03 bits per heavy atom. The zero-order chi connectivity index (χ0) is 28.2. The molecule has 0 aromatic heterocycles. The molecule has 0 saturated heterocycles. The number of aromatic hydroxyl groups is 1. The van der Waals surface area contributed by atoms with Crippen molar-refractivity contribution in [3.8, 4) is 5.75 Å². The molecule has 0 radical (unpaired) electrons. The Balaban J connectivity index is 2.00. The number of carboxylic acids is 3. The second-order valence-electron chi connectivity index (χ2n) is 8.74. The molecule has 1 aromatic carbocycles. The molecule has 0 amide bonds. The van der Waals surface area contributed by atoms with Gasteiger partial charge in [-0.3, -0.25) is 19.2 Å². The third-order valence-corrected chi connectivity index (χ3v) is 5.44. The Morgan fingerprint density at radius 1 is 0.789 bits per heavy atom. The summed E-state index contributed by atoms with van der Waals surface area (Å²) in [7, 11) is 0. The summed E-state index contributed by atoms with van der Waals surface area (Å²) in [6.45, 7) is 3.56. The quantitative estimate of drug-likeness (QED) is 0.0682. The van der Waals surface area contributed by atoms with Crippen molar-refractivity contribution in [3.05, 3.63) is 29.8 Å². The summed E-state index contributed by atoms with van der Waals surface area (Å²) < 4.78 is 0. The lowest BCUT2D eigenvalue weighted by Crippen LogP contribution is -2.46. The van der Waals surface area contributed by atoms with Gasteiger partial charge in [-0.1, -0.05) is 19.1 Å². The van der Waals surface area contributed by atoms with Gasteiger partial charge in [0.15, 0.2) is 0 Å². The molecule has 0 bridgehead atoms. The molecule has 0 saturated carbocycles. The number of carboxylic acid groups (broad SMARTS) is 3. The minimum absolute atomic E-state index is 0.221. The van der Waals surface area contributed by atoms with E-state index < -0.39 is 35.9 Å². The van der Waals surface area contributed by atoms with E-state index in [0.717, 1.165) is 24.8 Å². The molecular weight excluding hydrogens is 504 g/mol. The minimum Gasteiger partial charge on any atom is -0.508 e. The molecule has 3 atom stereocenters. The van der Waals surface area contributed by atoms with Crippen LogP contribution in [0.3, 0.4) is 0 Å². The molecule has 0 fully saturated rings. The number of benzene rings is 1. The van der Waals surface area contributed by atoms with E-state index in [1.807, 2.05) is 0 Å². The van der Waals surface area contributed by atoms with Crippen molar-refractivity contribution in [2.75, 3.05) is 19.7 Å². The summed E-state index contributed by atoms with van der Waals surface area (Å²) in [6, 6.07) is 4.42. The van der Waals surface area contributed by atoms with Crippen LogP contribution < -0.4 is 21.9 Å². The van der Waals surface area contributed by atoms with Crippen molar-refractivity contribution in [3.63, 3.8) is 0 Å². The number of phenols is 1. The molecule has 8 N–H and O–H groups in total. The first-order chi connectivity index (χ1) is 18.2. The van der Waals surface area contributed by atoms with Crippen LogP contribution in [0.1, 0.15) is 57.4 Å². The van der Waals surface area contributed by atoms with E-state index in [4.69, 9.17) is 24.8 Å². The summed E-state index contributed by atoms with van der Waals surface area (Å²) in [4.78, 5) is 49.0. The van der Waals surface area contributed by atoms with Crippen LogP contribution in [0.2, 0.25) is 0 Å². The van der Waals surface area contributed by atoms with Crippen LogP contribution in [0, 0.1) is 5.92 Å². The lowest BCUT2D eigenvalue weighted by atomic mass is 10.0. The Morgan fingerprint density at radius 2 is 1.39 bits per heavy atom. The van der Waals surface area contributed by atoms with Crippen molar-refractivity contribution in [1.29, 1.82) is 0 Å². The van der Waals surface area contributed by atoms with E-state index in [1.165, 1.54) is 6.92 Å². The second kappa shape index (κ2) is 20.2. The maximum Gasteiger partial charge on any atom is 0.323 e. The highest BCUT2D eigenvalue weighted by Crippen LogP contribution is 2.10. The number of rotatable bonds is 24. The van der Waals surface area contributed by atoms with E-state index >= 15 is 0 Å². The number of hydrogen-bond acceptors (Lipinski definition) is 11. The van der Waals surface area contributed by atoms with Gasteiger partial charge in [-0.15, -0.1) is 0 Å². The average molecular weight is 545 g/mol. The smallest absolute Gasteiger partial charge is 0.323 e. The van der Waals surface area contributed by atoms with Gasteiger partial charge in [-0.05, 0) is 62.6 Å². The van der Waals surface area contributed by atoms with Crippen LogP contribution in [0.25, 0.3) is 0 Å². The Kier molecular flexibility index (Phi) is 17.6. The van der Waals surface area contributed by atoms with Crippen molar-refractivity contribution >= 4 is 17.9 Å². The lowest BCUT2D eigenvalue weighted by Gasteiger charge is -2.19. The highest BCUT2D eigenvalue weighted by molar-refractivity contribution is 5.75. The summed E-state index contributed by atoms with van der Waals surface area (Å²) >= 11 is 0. The number of hydroxylamine groups is 4. The molecule has 14 heteroatoms. The molecule has 0 aliphatic carbocycles. The Bertz CT molecular complexity index is 812.